The molecule has 0 aliphatic rings. The SMILES string of the molecule is COc1ccc(OC)c(C(=O)Cl)c1C. The first-order valence-corrected chi connectivity index (χ1v) is 4.41. The summed E-state index contributed by atoms with van der Waals surface area (Å²) in [7, 11) is 3.03. The molecule has 0 spiro atoms. The maximum Gasteiger partial charge on any atom is 0.256 e. The van der Waals surface area contributed by atoms with Gasteiger partial charge in [0, 0.05) is 5.56 Å². The molecule has 0 radical (unpaired) electrons. The second-order valence-corrected chi connectivity index (χ2v) is 3.09. The molecule has 1 aromatic carbocycles. The molecule has 76 valence electrons. The number of benzene rings is 1. The quantitative estimate of drug-likeness (QED) is 0.725. The molecule has 0 saturated carbocycles. The van der Waals surface area contributed by atoms with Crippen LogP contribution in [0.3, 0.4) is 0 Å². The lowest BCUT2D eigenvalue weighted by Crippen LogP contribution is -2.00. The summed E-state index contributed by atoms with van der Waals surface area (Å²) < 4.78 is 10.1. The number of hydrogen-bond acceptors (Lipinski definition) is 3. The highest BCUT2D eigenvalue weighted by atomic mass is 35.5. The second kappa shape index (κ2) is 4.33. The molecule has 3 nitrogen and oxygen atoms in total. The monoisotopic (exact) mass is 214 g/mol. The first-order valence-electron chi connectivity index (χ1n) is 4.03. The minimum Gasteiger partial charge on any atom is -0.496 e. The van der Waals surface area contributed by atoms with Crippen molar-refractivity contribution < 1.29 is 14.3 Å². The van der Waals surface area contributed by atoms with Crippen LogP contribution >= 0.6 is 11.6 Å². The van der Waals surface area contributed by atoms with E-state index in [-0.39, 0.29) is 0 Å². The summed E-state index contributed by atoms with van der Waals surface area (Å²) in [5, 5.41) is -0.543. The Morgan fingerprint density at radius 2 is 1.71 bits per heavy atom. The van der Waals surface area contributed by atoms with Crippen LogP contribution in [0.25, 0.3) is 0 Å². The van der Waals surface area contributed by atoms with E-state index in [9.17, 15) is 4.79 Å². The van der Waals surface area contributed by atoms with E-state index in [0.29, 0.717) is 22.6 Å². The molecule has 0 heterocycles. The third-order valence-electron chi connectivity index (χ3n) is 2.01. The highest BCUT2D eigenvalue weighted by molar-refractivity contribution is 6.68. The van der Waals surface area contributed by atoms with E-state index in [0.717, 1.165) is 0 Å². The van der Waals surface area contributed by atoms with E-state index in [4.69, 9.17) is 21.1 Å². The van der Waals surface area contributed by atoms with Gasteiger partial charge in [0.1, 0.15) is 11.5 Å². The van der Waals surface area contributed by atoms with Gasteiger partial charge in [-0.2, -0.15) is 0 Å². The molecule has 1 aromatic rings. The summed E-state index contributed by atoms with van der Waals surface area (Å²) in [6, 6.07) is 3.39. The molecule has 1 rings (SSSR count). The number of carbonyl (C=O) groups is 1. The Morgan fingerprint density at radius 3 is 2.14 bits per heavy atom. The van der Waals surface area contributed by atoms with Crippen molar-refractivity contribution in [3.05, 3.63) is 23.3 Å². The van der Waals surface area contributed by atoms with Gasteiger partial charge < -0.3 is 9.47 Å². The third-order valence-corrected chi connectivity index (χ3v) is 2.20. The Morgan fingerprint density at radius 1 is 1.21 bits per heavy atom. The van der Waals surface area contributed by atoms with Crippen LogP contribution in [0.5, 0.6) is 11.5 Å². The zero-order valence-corrected chi connectivity index (χ0v) is 9.01. The number of ether oxygens (including phenoxy) is 2. The van der Waals surface area contributed by atoms with Gasteiger partial charge >= 0.3 is 0 Å². The minimum absolute atomic E-state index is 0.355. The molecule has 0 unspecified atom stereocenters. The largest absolute Gasteiger partial charge is 0.496 e. The fourth-order valence-electron chi connectivity index (χ4n) is 1.30. The summed E-state index contributed by atoms with van der Waals surface area (Å²) >= 11 is 5.45. The fraction of sp³-hybridized carbons (Fsp3) is 0.300. The average molecular weight is 215 g/mol. The molecule has 14 heavy (non-hydrogen) atoms. The first-order chi connectivity index (χ1) is 6.61. The smallest absolute Gasteiger partial charge is 0.256 e. The van der Waals surface area contributed by atoms with Gasteiger partial charge in [-0.15, -0.1) is 0 Å². The van der Waals surface area contributed by atoms with Crippen LogP contribution < -0.4 is 9.47 Å². The number of halogens is 1. The lowest BCUT2D eigenvalue weighted by Gasteiger charge is -2.11. The van der Waals surface area contributed by atoms with Crippen LogP contribution in [0.2, 0.25) is 0 Å². The molecule has 0 aliphatic heterocycles. The van der Waals surface area contributed by atoms with Crippen molar-refractivity contribution in [2.45, 2.75) is 6.92 Å². The summed E-state index contributed by atoms with van der Waals surface area (Å²) in [5.74, 6) is 1.08. The average Bonchev–Trinajstić information content (AvgIpc) is 2.16. The van der Waals surface area contributed by atoms with Gasteiger partial charge in [0.05, 0.1) is 19.8 Å². The lowest BCUT2D eigenvalue weighted by atomic mass is 10.1. The van der Waals surface area contributed by atoms with E-state index < -0.39 is 5.24 Å². The van der Waals surface area contributed by atoms with Crippen molar-refractivity contribution in [1.82, 2.24) is 0 Å². The fourth-order valence-corrected chi connectivity index (χ4v) is 1.54. The molecule has 4 heteroatoms. The predicted octanol–water partition coefficient (Wildman–Crippen LogP) is 2.39. The maximum absolute atomic E-state index is 11.1. The number of rotatable bonds is 3. The summed E-state index contributed by atoms with van der Waals surface area (Å²) in [4.78, 5) is 11.1. The van der Waals surface area contributed by atoms with Crippen molar-refractivity contribution in [3.8, 4) is 11.5 Å². The topological polar surface area (TPSA) is 35.5 Å². The second-order valence-electron chi connectivity index (χ2n) is 2.74. The molecule has 0 amide bonds. The predicted molar refractivity (Wildman–Crippen MR) is 54.5 cm³/mol. The molecule has 0 atom stereocenters. The van der Waals surface area contributed by atoms with Crippen molar-refractivity contribution in [3.63, 3.8) is 0 Å². The lowest BCUT2D eigenvalue weighted by molar-refractivity contribution is 0.107. The number of methoxy groups -OCH3 is 2. The minimum atomic E-state index is -0.543. The zero-order valence-electron chi connectivity index (χ0n) is 8.26. The molecule has 0 bridgehead atoms. The Balaban J connectivity index is 3.39. The maximum atomic E-state index is 11.1. The molecule has 0 aliphatic carbocycles. The highest BCUT2D eigenvalue weighted by Crippen LogP contribution is 2.30. The third kappa shape index (κ3) is 1.82. The Kier molecular flexibility index (Phi) is 3.36. The van der Waals surface area contributed by atoms with E-state index in [1.54, 1.807) is 19.1 Å². The standard InChI is InChI=1S/C10H11ClO3/c1-6-7(13-2)4-5-8(14-3)9(6)10(11)12/h4-5H,1-3H3. The Bertz CT molecular complexity index is 361. The zero-order chi connectivity index (χ0) is 10.7. The van der Waals surface area contributed by atoms with Crippen LogP contribution in [0, 0.1) is 6.92 Å². The summed E-state index contributed by atoms with van der Waals surface area (Å²) in [5.41, 5.74) is 1.04. The van der Waals surface area contributed by atoms with Gasteiger partial charge in [-0.05, 0) is 30.7 Å². The normalized spacial score (nSPS) is 9.71. The van der Waals surface area contributed by atoms with Gasteiger partial charge in [-0.1, -0.05) is 0 Å². The van der Waals surface area contributed by atoms with Crippen LogP contribution in [-0.4, -0.2) is 19.5 Å². The van der Waals surface area contributed by atoms with E-state index >= 15 is 0 Å². The van der Waals surface area contributed by atoms with Gasteiger partial charge in [-0.25, -0.2) is 0 Å². The van der Waals surface area contributed by atoms with Crippen molar-refractivity contribution >= 4 is 16.8 Å². The van der Waals surface area contributed by atoms with Crippen molar-refractivity contribution in [2.24, 2.45) is 0 Å². The van der Waals surface area contributed by atoms with Crippen LogP contribution in [0.4, 0.5) is 0 Å². The van der Waals surface area contributed by atoms with Crippen molar-refractivity contribution in [1.29, 1.82) is 0 Å². The number of carbonyl (C=O) groups excluding carboxylic acids is 1. The highest BCUT2D eigenvalue weighted by Gasteiger charge is 2.16. The van der Waals surface area contributed by atoms with Gasteiger partial charge in [-0.3, -0.25) is 4.79 Å². The first kappa shape index (κ1) is 10.9. The Labute approximate surface area is 87.6 Å². The molecule has 0 saturated heterocycles. The van der Waals surface area contributed by atoms with Crippen LogP contribution in [0.15, 0.2) is 12.1 Å². The van der Waals surface area contributed by atoms with E-state index in [1.807, 2.05) is 0 Å². The van der Waals surface area contributed by atoms with Crippen LogP contribution in [0.1, 0.15) is 15.9 Å². The molecular formula is C10H11ClO3. The van der Waals surface area contributed by atoms with Crippen molar-refractivity contribution in [2.75, 3.05) is 14.2 Å². The molecule has 0 N–H and O–H groups in total. The molecular weight excluding hydrogens is 204 g/mol. The van der Waals surface area contributed by atoms with Gasteiger partial charge in [0.2, 0.25) is 0 Å². The summed E-state index contributed by atoms with van der Waals surface area (Å²) in [6.45, 7) is 1.76. The van der Waals surface area contributed by atoms with E-state index in [2.05, 4.69) is 0 Å². The van der Waals surface area contributed by atoms with Gasteiger partial charge in [0.25, 0.3) is 5.24 Å². The summed E-state index contributed by atoms with van der Waals surface area (Å²) in [6.07, 6.45) is 0. The van der Waals surface area contributed by atoms with Gasteiger partial charge in [0.15, 0.2) is 0 Å². The Hall–Kier alpha value is -1.22. The van der Waals surface area contributed by atoms with Crippen LogP contribution in [-0.2, 0) is 0 Å². The molecule has 0 fully saturated rings. The molecule has 0 aromatic heterocycles. The number of hydrogen-bond donors (Lipinski definition) is 0. The van der Waals surface area contributed by atoms with E-state index in [1.165, 1.54) is 14.2 Å².